The molecule has 8 nitrogen and oxygen atoms in total. The Balaban J connectivity index is 1.59. The second kappa shape index (κ2) is 7.89. The van der Waals surface area contributed by atoms with Crippen molar-refractivity contribution in [2.75, 3.05) is 19.8 Å². The van der Waals surface area contributed by atoms with E-state index in [2.05, 4.69) is 15.5 Å². The van der Waals surface area contributed by atoms with E-state index in [-0.39, 0.29) is 25.0 Å². The lowest BCUT2D eigenvalue weighted by Crippen LogP contribution is -2.56. The van der Waals surface area contributed by atoms with Crippen LogP contribution < -0.4 is 5.32 Å². The highest BCUT2D eigenvalue weighted by Crippen LogP contribution is 2.14. The molecule has 132 valence electrons. The third-order valence-corrected chi connectivity index (χ3v) is 3.90. The van der Waals surface area contributed by atoms with Crippen molar-refractivity contribution in [3.8, 4) is 0 Å². The van der Waals surface area contributed by atoms with Gasteiger partial charge in [0.05, 0.1) is 6.61 Å². The summed E-state index contributed by atoms with van der Waals surface area (Å²) in [6.45, 7) is 2.65. The van der Waals surface area contributed by atoms with Crippen LogP contribution in [0.1, 0.15) is 17.3 Å². The Morgan fingerprint density at radius 3 is 2.88 bits per heavy atom. The SMILES string of the molecule is Cc1noc(CCNC(=O)[C@@H]2COCC(=O)N2Cc2ccccc2)n1. The summed E-state index contributed by atoms with van der Waals surface area (Å²) in [4.78, 5) is 30.3. The molecule has 8 heteroatoms. The van der Waals surface area contributed by atoms with Gasteiger partial charge in [-0.3, -0.25) is 9.59 Å². The predicted octanol–water partition coefficient (Wildman–Crippen LogP) is 0.464. The molecule has 2 aromatic rings. The van der Waals surface area contributed by atoms with Crippen LogP contribution in [0, 0.1) is 6.92 Å². The Hall–Kier alpha value is -2.74. The number of ether oxygens (including phenoxy) is 1. The Kier molecular flexibility index (Phi) is 5.39. The normalized spacial score (nSPS) is 17.6. The van der Waals surface area contributed by atoms with E-state index in [0.29, 0.717) is 31.2 Å². The van der Waals surface area contributed by atoms with Gasteiger partial charge in [0, 0.05) is 19.5 Å². The Morgan fingerprint density at radius 1 is 1.36 bits per heavy atom. The fraction of sp³-hybridized carbons (Fsp3) is 0.412. The third-order valence-electron chi connectivity index (χ3n) is 3.90. The van der Waals surface area contributed by atoms with Crippen molar-refractivity contribution in [2.45, 2.75) is 25.9 Å². The molecule has 0 aliphatic carbocycles. The number of nitrogens with zero attached hydrogens (tertiary/aromatic N) is 3. The van der Waals surface area contributed by atoms with E-state index >= 15 is 0 Å². The minimum Gasteiger partial charge on any atom is -0.369 e. The largest absolute Gasteiger partial charge is 0.369 e. The quantitative estimate of drug-likeness (QED) is 0.818. The van der Waals surface area contributed by atoms with Gasteiger partial charge in [0.1, 0.15) is 12.6 Å². The van der Waals surface area contributed by atoms with E-state index in [9.17, 15) is 9.59 Å². The first-order chi connectivity index (χ1) is 12.1. The van der Waals surface area contributed by atoms with Crippen LogP contribution in [0.5, 0.6) is 0 Å². The van der Waals surface area contributed by atoms with Gasteiger partial charge >= 0.3 is 0 Å². The Bertz CT molecular complexity index is 731. The molecule has 0 unspecified atom stereocenters. The molecule has 25 heavy (non-hydrogen) atoms. The first-order valence-corrected chi connectivity index (χ1v) is 8.11. The van der Waals surface area contributed by atoms with Crippen molar-refractivity contribution >= 4 is 11.8 Å². The zero-order valence-electron chi connectivity index (χ0n) is 14.0. The molecule has 1 saturated heterocycles. The Labute approximate surface area is 145 Å². The summed E-state index contributed by atoms with van der Waals surface area (Å²) in [6, 6.07) is 8.92. The number of hydrogen-bond acceptors (Lipinski definition) is 6. The lowest BCUT2D eigenvalue weighted by atomic mass is 10.1. The summed E-state index contributed by atoms with van der Waals surface area (Å²) >= 11 is 0. The number of aryl methyl sites for hydroxylation is 1. The van der Waals surface area contributed by atoms with Crippen LogP contribution >= 0.6 is 0 Å². The van der Waals surface area contributed by atoms with Crippen molar-refractivity contribution in [3.05, 3.63) is 47.6 Å². The number of amides is 2. The molecule has 3 rings (SSSR count). The van der Waals surface area contributed by atoms with E-state index in [1.165, 1.54) is 0 Å². The minimum absolute atomic E-state index is 0.00211. The molecule has 1 fully saturated rings. The molecule has 0 spiro atoms. The zero-order valence-corrected chi connectivity index (χ0v) is 14.0. The van der Waals surface area contributed by atoms with E-state index in [4.69, 9.17) is 9.26 Å². The molecule has 1 N–H and O–H groups in total. The molecular weight excluding hydrogens is 324 g/mol. The molecule has 0 radical (unpaired) electrons. The van der Waals surface area contributed by atoms with E-state index < -0.39 is 6.04 Å². The monoisotopic (exact) mass is 344 g/mol. The smallest absolute Gasteiger partial charge is 0.249 e. The van der Waals surface area contributed by atoms with Crippen molar-refractivity contribution < 1.29 is 18.8 Å². The number of morpholine rings is 1. The van der Waals surface area contributed by atoms with Crippen LogP contribution in [0.4, 0.5) is 0 Å². The van der Waals surface area contributed by atoms with Crippen LogP contribution in [0.25, 0.3) is 0 Å². The fourth-order valence-corrected chi connectivity index (χ4v) is 2.65. The first-order valence-electron chi connectivity index (χ1n) is 8.11. The summed E-state index contributed by atoms with van der Waals surface area (Å²) in [5, 5.41) is 6.51. The molecule has 0 saturated carbocycles. The molecule has 0 bridgehead atoms. The second-order valence-electron chi connectivity index (χ2n) is 5.81. The maximum absolute atomic E-state index is 12.5. The van der Waals surface area contributed by atoms with Gasteiger partial charge in [0.15, 0.2) is 5.82 Å². The number of hydrogen-bond donors (Lipinski definition) is 1. The van der Waals surface area contributed by atoms with Gasteiger partial charge in [0.25, 0.3) is 0 Å². The summed E-state index contributed by atoms with van der Waals surface area (Å²) in [5.41, 5.74) is 0.969. The average Bonchev–Trinajstić information content (AvgIpc) is 3.03. The number of aromatic nitrogens is 2. The molecule has 1 aliphatic heterocycles. The molecule has 1 aliphatic rings. The number of carbonyl (C=O) groups excluding carboxylic acids is 2. The Morgan fingerprint density at radius 2 is 2.16 bits per heavy atom. The van der Waals surface area contributed by atoms with Crippen LogP contribution in [0.3, 0.4) is 0 Å². The first kappa shape index (κ1) is 17.1. The topological polar surface area (TPSA) is 97.6 Å². The number of carbonyl (C=O) groups is 2. The second-order valence-corrected chi connectivity index (χ2v) is 5.81. The van der Waals surface area contributed by atoms with Gasteiger partial charge in [-0.1, -0.05) is 35.5 Å². The number of benzene rings is 1. The van der Waals surface area contributed by atoms with Gasteiger partial charge in [-0.15, -0.1) is 0 Å². The van der Waals surface area contributed by atoms with Crippen molar-refractivity contribution in [3.63, 3.8) is 0 Å². The van der Waals surface area contributed by atoms with Crippen LogP contribution in [-0.2, 0) is 27.3 Å². The highest BCUT2D eigenvalue weighted by molar-refractivity contribution is 5.89. The van der Waals surface area contributed by atoms with Crippen molar-refractivity contribution in [1.29, 1.82) is 0 Å². The number of rotatable bonds is 6. The molecule has 1 aromatic carbocycles. The van der Waals surface area contributed by atoms with Crippen LogP contribution in [0.2, 0.25) is 0 Å². The van der Waals surface area contributed by atoms with E-state index in [1.54, 1.807) is 11.8 Å². The highest BCUT2D eigenvalue weighted by Gasteiger charge is 2.33. The van der Waals surface area contributed by atoms with Gasteiger partial charge in [0.2, 0.25) is 17.7 Å². The third kappa shape index (κ3) is 4.42. The van der Waals surface area contributed by atoms with Crippen LogP contribution in [0.15, 0.2) is 34.9 Å². The van der Waals surface area contributed by atoms with Crippen LogP contribution in [-0.4, -0.2) is 52.7 Å². The fourth-order valence-electron chi connectivity index (χ4n) is 2.65. The molecular formula is C17H20N4O4. The molecule has 1 atom stereocenters. The lowest BCUT2D eigenvalue weighted by Gasteiger charge is -2.34. The van der Waals surface area contributed by atoms with Gasteiger partial charge < -0.3 is 19.5 Å². The lowest BCUT2D eigenvalue weighted by molar-refractivity contribution is -0.155. The maximum atomic E-state index is 12.5. The van der Waals surface area contributed by atoms with E-state index in [0.717, 1.165) is 5.56 Å². The predicted molar refractivity (Wildman–Crippen MR) is 87.3 cm³/mol. The van der Waals surface area contributed by atoms with Crippen molar-refractivity contribution in [1.82, 2.24) is 20.4 Å². The molecule has 1 aromatic heterocycles. The summed E-state index contributed by atoms with van der Waals surface area (Å²) in [7, 11) is 0. The average molecular weight is 344 g/mol. The molecule has 2 amide bonds. The summed E-state index contributed by atoms with van der Waals surface area (Å²) < 4.78 is 10.3. The molecule has 2 heterocycles. The van der Waals surface area contributed by atoms with E-state index in [1.807, 2.05) is 30.3 Å². The minimum atomic E-state index is -0.647. The van der Waals surface area contributed by atoms with Gasteiger partial charge in [-0.05, 0) is 12.5 Å². The number of nitrogens with one attached hydrogen (secondary N) is 1. The van der Waals surface area contributed by atoms with Crippen molar-refractivity contribution in [2.24, 2.45) is 0 Å². The zero-order chi connectivity index (χ0) is 17.6. The summed E-state index contributed by atoms with van der Waals surface area (Å²) in [6.07, 6.45) is 0.437. The highest BCUT2D eigenvalue weighted by atomic mass is 16.5. The van der Waals surface area contributed by atoms with Gasteiger partial charge in [-0.25, -0.2) is 0 Å². The maximum Gasteiger partial charge on any atom is 0.249 e. The summed E-state index contributed by atoms with van der Waals surface area (Å²) in [5.74, 6) is 0.583. The standard InChI is InChI=1S/C17H20N4O4/c1-12-19-15(25-20-12)7-8-18-17(23)14-10-24-11-16(22)21(14)9-13-5-3-2-4-6-13/h2-6,14H,7-11H2,1H3,(H,18,23)/t14-/m0/s1. The van der Waals surface area contributed by atoms with Gasteiger partial charge in [-0.2, -0.15) is 4.98 Å².